The SMILES string of the molecule is Cc1noc(C)c1CN1CCO[C@@H]2[C@@H](OCc3ccccn3)CC[C@H]21. The Balaban J connectivity index is 1.40. The lowest BCUT2D eigenvalue weighted by Crippen LogP contribution is -2.51. The summed E-state index contributed by atoms with van der Waals surface area (Å²) in [5, 5.41) is 4.08. The van der Waals surface area contributed by atoms with Crippen molar-refractivity contribution in [3.8, 4) is 0 Å². The van der Waals surface area contributed by atoms with Crippen LogP contribution in [-0.2, 0) is 22.6 Å². The molecule has 2 aromatic rings. The molecule has 0 aromatic carbocycles. The number of rotatable bonds is 5. The summed E-state index contributed by atoms with van der Waals surface area (Å²) < 4.78 is 17.5. The number of fused-ring (bicyclic) bond motifs is 1. The average Bonchev–Trinajstić information content (AvgIpc) is 3.20. The predicted molar refractivity (Wildman–Crippen MR) is 92.0 cm³/mol. The van der Waals surface area contributed by atoms with Crippen molar-refractivity contribution in [1.29, 1.82) is 0 Å². The van der Waals surface area contributed by atoms with Crippen LogP contribution in [0.5, 0.6) is 0 Å². The largest absolute Gasteiger partial charge is 0.373 e. The number of hydrogen-bond acceptors (Lipinski definition) is 6. The lowest BCUT2D eigenvalue weighted by Gasteiger charge is -2.39. The maximum atomic E-state index is 6.14. The van der Waals surface area contributed by atoms with Gasteiger partial charge in [-0.1, -0.05) is 11.2 Å². The van der Waals surface area contributed by atoms with Crippen LogP contribution in [0.15, 0.2) is 28.9 Å². The van der Waals surface area contributed by atoms with Gasteiger partial charge in [-0.3, -0.25) is 9.88 Å². The third-order valence-corrected chi connectivity index (χ3v) is 5.36. The van der Waals surface area contributed by atoms with Gasteiger partial charge in [-0.25, -0.2) is 0 Å². The maximum Gasteiger partial charge on any atom is 0.138 e. The smallest absolute Gasteiger partial charge is 0.138 e. The number of nitrogens with zero attached hydrogens (tertiary/aromatic N) is 3. The minimum Gasteiger partial charge on any atom is -0.373 e. The van der Waals surface area contributed by atoms with Crippen molar-refractivity contribution < 1.29 is 14.0 Å². The van der Waals surface area contributed by atoms with Gasteiger partial charge in [0.25, 0.3) is 0 Å². The monoisotopic (exact) mass is 343 g/mol. The minimum absolute atomic E-state index is 0.137. The Labute approximate surface area is 148 Å². The highest BCUT2D eigenvalue weighted by Gasteiger charge is 2.43. The van der Waals surface area contributed by atoms with Gasteiger partial charge in [0, 0.05) is 30.9 Å². The number of ether oxygens (including phenoxy) is 2. The molecule has 4 rings (SSSR count). The van der Waals surface area contributed by atoms with Gasteiger partial charge in [0.1, 0.15) is 5.76 Å². The Hall–Kier alpha value is -1.76. The van der Waals surface area contributed by atoms with Crippen LogP contribution >= 0.6 is 0 Å². The van der Waals surface area contributed by atoms with Gasteiger partial charge in [-0.05, 0) is 38.8 Å². The minimum atomic E-state index is 0.137. The molecule has 0 unspecified atom stereocenters. The van der Waals surface area contributed by atoms with Crippen LogP contribution in [0.1, 0.15) is 35.6 Å². The molecule has 0 amide bonds. The average molecular weight is 343 g/mol. The van der Waals surface area contributed by atoms with Crippen molar-refractivity contribution in [1.82, 2.24) is 15.0 Å². The van der Waals surface area contributed by atoms with Crippen molar-refractivity contribution in [2.75, 3.05) is 13.2 Å². The van der Waals surface area contributed by atoms with Crippen molar-refractivity contribution in [2.45, 2.75) is 58.1 Å². The lowest BCUT2D eigenvalue weighted by molar-refractivity contribution is -0.119. The van der Waals surface area contributed by atoms with Gasteiger partial charge in [-0.2, -0.15) is 0 Å². The summed E-state index contributed by atoms with van der Waals surface area (Å²) in [6.45, 7) is 7.10. The second kappa shape index (κ2) is 7.23. The Morgan fingerprint density at radius 2 is 2.20 bits per heavy atom. The van der Waals surface area contributed by atoms with E-state index in [2.05, 4.69) is 15.0 Å². The van der Waals surface area contributed by atoms with Crippen molar-refractivity contribution in [3.63, 3.8) is 0 Å². The second-order valence-electron chi connectivity index (χ2n) is 6.92. The summed E-state index contributed by atoms with van der Waals surface area (Å²) in [7, 11) is 0. The second-order valence-corrected chi connectivity index (χ2v) is 6.92. The molecule has 1 aliphatic carbocycles. The van der Waals surface area contributed by atoms with Crippen molar-refractivity contribution >= 4 is 0 Å². The maximum absolute atomic E-state index is 6.14. The van der Waals surface area contributed by atoms with Gasteiger partial charge in [0.05, 0.1) is 36.8 Å². The van der Waals surface area contributed by atoms with Gasteiger partial charge in [-0.15, -0.1) is 0 Å². The molecule has 2 fully saturated rings. The number of morpholine rings is 1. The van der Waals surface area contributed by atoms with Gasteiger partial charge in [0.2, 0.25) is 0 Å². The molecule has 2 aromatic heterocycles. The van der Waals surface area contributed by atoms with E-state index in [0.29, 0.717) is 12.6 Å². The van der Waals surface area contributed by atoms with Gasteiger partial charge < -0.3 is 14.0 Å². The number of aryl methyl sites for hydroxylation is 2. The molecule has 3 heterocycles. The third kappa shape index (κ3) is 3.47. The molecular formula is C19H25N3O3. The number of pyridine rings is 1. The topological polar surface area (TPSA) is 60.6 Å². The summed E-state index contributed by atoms with van der Waals surface area (Å²) >= 11 is 0. The Kier molecular flexibility index (Phi) is 4.83. The molecule has 1 aliphatic heterocycles. The molecule has 1 saturated carbocycles. The van der Waals surface area contributed by atoms with E-state index < -0.39 is 0 Å². The lowest BCUT2D eigenvalue weighted by atomic mass is 10.1. The van der Waals surface area contributed by atoms with Crippen LogP contribution in [0, 0.1) is 13.8 Å². The zero-order chi connectivity index (χ0) is 17.2. The molecule has 0 radical (unpaired) electrons. The van der Waals surface area contributed by atoms with Crippen LogP contribution in [0.2, 0.25) is 0 Å². The molecule has 0 spiro atoms. The quantitative estimate of drug-likeness (QED) is 0.832. The van der Waals surface area contributed by atoms with E-state index in [1.54, 1.807) is 6.20 Å². The first kappa shape index (κ1) is 16.7. The number of aromatic nitrogens is 2. The molecule has 134 valence electrons. The summed E-state index contributed by atoms with van der Waals surface area (Å²) in [5.74, 6) is 0.918. The normalized spacial score (nSPS) is 26.7. The molecule has 0 bridgehead atoms. The van der Waals surface area contributed by atoms with Crippen LogP contribution in [0.3, 0.4) is 0 Å². The van der Waals surface area contributed by atoms with Crippen LogP contribution in [0.25, 0.3) is 0 Å². The molecule has 6 heteroatoms. The standard InChI is InChI=1S/C19H25N3O3/c1-13-16(14(2)25-21-13)11-22-9-10-23-19-17(22)6-7-18(19)24-12-15-5-3-4-8-20-15/h3-5,8,17-19H,6-7,9-12H2,1-2H3/t17-,18+,19+/m1/s1. The first-order valence-electron chi connectivity index (χ1n) is 9.01. The predicted octanol–water partition coefficient (Wildman–Crippen LogP) is 2.64. The van der Waals surface area contributed by atoms with Crippen molar-refractivity contribution in [2.24, 2.45) is 0 Å². The molecule has 3 atom stereocenters. The van der Waals surface area contributed by atoms with Gasteiger partial charge in [0.15, 0.2) is 0 Å². The fraction of sp³-hybridized carbons (Fsp3) is 0.579. The molecule has 1 saturated heterocycles. The van der Waals surface area contributed by atoms with Crippen LogP contribution in [-0.4, -0.2) is 46.4 Å². The van der Waals surface area contributed by atoms with E-state index >= 15 is 0 Å². The molecule has 2 aliphatic rings. The fourth-order valence-electron chi connectivity index (χ4n) is 3.97. The summed E-state index contributed by atoms with van der Waals surface area (Å²) in [5.41, 5.74) is 3.16. The zero-order valence-corrected chi connectivity index (χ0v) is 14.9. The highest BCUT2D eigenvalue weighted by Crippen LogP contribution is 2.34. The van der Waals surface area contributed by atoms with Crippen LogP contribution in [0.4, 0.5) is 0 Å². The fourth-order valence-corrected chi connectivity index (χ4v) is 3.97. The summed E-state index contributed by atoms with van der Waals surface area (Å²) in [6, 6.07) is 6.31. The van der Waals surface area contributed by atoms with Crippen LogP contribution < -0.4 is 0 Å². The van der Waals surface area contributed by atoms with Gasteiger partial charge >= 0.3 is 0 Å². The highest BCUT2D eigenvalue weighted by molar-refractivity contribution is 5.21. The molecule has 25 heavy (non-hydrogen) atoms. The zero-order valence-electron chi connectivity index (χ0n) is 14.9. The highest BCUT2D eigenvalue weighted by atomic mass is 16.5. The Morgan fingerprint density at radius 1 is 1.28 bits per heavy atom. The van der Waals surface area contributed by atoms with E-state index in [4.69, 9.17) is 14.0 Å². The van der Waals surface area contributed by atoms with E-state index in [1.807, 2.05) is 32.0 Å². The molecular weight excluding hydrogens is 318 g/mol. The molecule has 6 nitrogen and oxygen atoms in total. The van der Waals surface area contributed by atoms with E-state index in [1.165, 1.54) is 5.56 Å². The van der Waals surface area contributed by atoms with E-state index in [-0.39, 0.29) is 12.2 Å². The van der Waals surface area contributed by atoms with E-state index in [9.17, 15) is 0 Å². The summed E-state index contributed by atoms with van der Waals surface area (Å²) in [4.78, 5) is 6.84. The first-order valence-corrected chi connectivity index (χ1v) is 9.01. The van der Waals surface area contributed by atoms with Crippen molar-refractivity contribution in [3.05, 3.63) is 47.1 Å². The Bertz CT molecular complexity index is 684. The molecule has 0 N–H and O–H groups in total. The summed E-state index contributed by atoms with van der Waals surface area (Å²) in [6.07, 6.45) is 4.21. The van der Waals surface area contributed by atoms with E-state index in [0.717, 1.165) is 49.7 Å². The first-order chi connectivity index (χ1) is 12.2. The Morgan fingerprint density at radius 3 is 2.96 bits per heavy atom. The number of hydrogen-bond donors (Lipinski definition) is 0. The third-order valence-electron chi connectivity index (χ3n) is 5.36.